The zero-order valence-electron chi connectivity index (χ0n) is 12.8. The van der Waals surface area contributed by atoms with E-state index in [4.69, 9.17) is 9.47 Å². The highest BCUT2D eigenvalue weighted by Crippen LogP contribution is 2.27. The second-order valence-corrected chi connectivity index (χ2v) is 6.54. The lowest BCUT2D eigenvalue weighted by molar-refractivity contribution is 0.0452. The molecule has 1 aliphatic rings. The summed E-state index contributed by atoms with van der Waals surface area (Å²) in [7, 11) is 1.67. The lowest BCUT2D eigenvalue weighted by atomic mass is 9.85. The zero-order chi connectivity index (χ0) is 14.3. The second kappa shape index (κ2) is 7.73. The smallest absolute Gasteiger partial charge is 0.407 e. The number of hydrogen-bond acceptors (Lipinski definition) is 3. The van der Waals surface area contributed by atoms with Gasteiger partial charge >= 0.3 is 6.09 Å². The van der Waals surface area contributed by atoms with E-state index in [2.05, 4.69) is 5.32 Å². The van der Waals surface area contributed by atoms with Crippen LogP contribution in [0.4, 0.5) is 4.79 Å². The highest BCUT2D eigenvalue weighted by molar-refractivity contribution is 5.68. The zero-order valence-corrected chi connectivity index (χ0v) is 12.8. The second-order valence-electron chi connectivity index (χ2n) is 6.54. The summed E-state index contributed by atoms with van der Waals surface area (Å²) >= 11 is 0. The van der Waals surface area contributed by atoms with Crippen LogP contribution in [-0.2, 0) is 9.47 Å². The van der Waals surface area contributed by atoms with Crippen molar-refractivity contribution in [2.75, 3.05) is 13.7 Å². The molecule has 1 atom stereocenters. The van der Waals surface area contributed by atoms with E-state index < -0.39 is 5.60 Å². The molecule has 0 bridgehead atoms. The molecule has 1 rings (SSSR count). The highest BCUT2D eigenvalue weighted by atomic mass is 16.6. The minimum atomic E-state index is -0.452. The van der Waals surface area contributed by atoms with Crippen LogP contribution in [0, 0.1) is 5.92 Å². The largest absolute Gasteiger partial charge is 0.444 e. The summed E-state index contributed by atoms with van der Waals surface area (Å²) in [4.78, 5) is 11.8. The molecule has 1 aliphatic carbocycles. The van der Waals surface area contributed by atoms with Crippen LogP contribution >= 0.6 is 0 Å². The fourth-order valence-electron chi connectivity index (χ4n) is 2.67. The fraction of sp³-hybridized carbons (Fsp3) is 0.933. The molecule has 0 aliphatic heterocycles. The van der Waals surface area contributed by atoms with Gasteiger partial charge in [0.1, 0.15) is 5.60 Å². The molecule has 19 heavy (non-hydrogen) atoms. The quantitative estimate of drug-likeness (QED) is 0.832. The van der Waals surface area contributed by atoms with Gasteiger partial charge in [-0.25, -0.2) is 4.79 Å². The van der Waals surface area contributed by atoms with Crippen LogP contribution in [-0.4, -0.2) is 31.5 Å². The first kappa shape index (κ1) is 16.3. The number of carbonyl (C=O) groups excluding carboxylic acids is 1. The molecule has 1 saturated carbocycles. The lowest BCUT2D eigenvalue weighted by Gasteiger charge is -2.28. The number of nitrogens with one attached hydrogen (secondary N) is 1. The van der Waals surface area contributed by atoms with Crippen molar-refractivity contribution in [1.82, 2.24) is 5.32 Å². The fourth-order valence-corrected chi connectivity index (χ4v) is 2.67. The van der Waals surface area contributed by atoms with E-state index in [1.165, 1.54) is 32.1 Å². The molecule has 1 fully saturated rings. The SMILES string of the molecule is COC[C@@H](CC1CCCCC1)NC(=O)OC(C)(C)C. The Labute approximate surface area is 117 Å². The van der Waals surface area contributed by atoms with Crippen molar-refractivity contribution in [3.05, 3.63) is 0 Å². The van der Waals surface area contributed by atoms with Crippen molar-refractivity contribution in [2.45, 2.75) is 70.9 Å². The van der Waals surface area contributed by atoms with Gasteiger partial charge in [0.05, 0.1) is 12.6 Å². The Balaban J connectivity index is 2.40. The molecular formula is C15H29NO3. The normalized spacial score (nSPS) is 18.9. The average Bonchev–Trinajstić information content (AvgIpc) is 2.27. The maximum atomic E-state index is 11.8. The molecule has 1 amide bonds. The lowest BCUT2D eigenvalue weighted by Crippen LogP contribution is -2.42. The first-order chi connectivity index (χ1) is 8.90. The Morgan fingerprint density at radius 1 is 1.26 bits per heavy atom. The predicted molar refractivity (Wildman–Crippen MR) is 76.2 cm³/mol. The summed E-state index contributed by atoms with van der Waals surface area (Å²) < 4.78 is 10.5. The van der Waals surface area contributed by atoms with Gasteiger partial charge in [-0.1, -0.05) is 32.1 Å². The van der Waals surface area contributed by atoms with Gasteiger partial charge in [0.25, 0.3) is 0 Å². The topological polar surface area (TPSA) is 47.6 Å². The molecule has 4 nitrogen and oxygen atoms in total. The predicted octanol–water partition coefficient (Wildman–Crippen LogP) is 3.50. The van der Waals surface area contributed by atoms with E-state index in [9.17, 15) is 4.79 Å². The molecule has 1 N–H and O–H groups in total. The van der Waals surface area contributed by atoms with Gasteiger partial charge in [-0.3, -0.25) is 0 Å². The summed E-state index contributed by atoms with van der Waals surface area (Å²) in [6, 6.07) is 0.0583. The van der Waals surface area contributed by atoms with Crippen LogP contribution < -0.4 is 5.32 Å². The monoisotopic (exact) mass is 271 g/mol. The van der Waals surface area contributed by atoms with Crippen molar-refractivity contribution in [3.63, 3.8) is 0 Å². The summed E-state index contributed by atoms with van der Waals surface area (Å²) in [6.45, 7) is 6.17. The van der Waals surface area contributed by atoms with Crippen molar-refractivity contribution >= 4 is 6.09 Å². The van der Waals surface area contributed by atoms with Gasteiger partial charge in [-0.05, 0) is 33.1 Å². The van der Waals surface area contributed by atoms with Gasteiger partial charge in [-0.2, -0.15) is 0 Å². The van der Waals surface area contributed by atoms with Crippen LogP contribution in [0.3, 0.4) is 0 Å². The Hall–Kier alpha value is -0.770. The number of amides is 1. The molecule has 0 aromatic heterocycles. The van der Waals surface area contributed by atoms with E-state index in [0.717, 1.165) is 6.42 Å². The standard InChI is InChI=1S/C15H29NO3/c1-15(2,3)19-14(17)16-13(11-18-4)10-12-8-6-5-7-9-12/h12-13H,5-11H2,1-4H3,(H,16,17)/t13-/m1/s1. The third-order valence-electron chi connectivity index (χ3n) is 3.43. The Kier molecular flexibility index (Phi) is 6.63. The molecule has 0 saturated heterocycles. The van der Waals surface area contributed by atoms with E-state index in [-0.39, 0.29) is 12.1 Å². The van der Waals surface area contributed by atoms with Crippen LogP contribution in [0.15, 0.2) is 0 Å². The molecule has 0 radical (unpaired) electrons. The van der Waals surface area contributed by atoms with Gasteiger partial charge in [0, 0.05) is 7.11 Å². The van der Waals surface area contributed by atoms with Crippen molar-refractivity contribution in [1.29, 1.82) is 0 Å². The van der Waals surface area contributed by atoms with Crippen LogP contribution in [0.2, 0.25) is 0 Å². The van der Waals surface area contributed by atoms with Crippen molar-refractivity contribution in [2.24, 2.45) is 5.92 Å². The van der Waals surface area contributed by atoms with Gasteiger partial charge < -0.3 is 14.8 Å². The molecule has 4 heteroatoms. The molecule has 0 unspecified atom stereocenters. The Morgan fingerprint density at radius 2 is 1.89 bits per heavy atom. The highest BCUT2D eigenvalue weighted by Gasteiger charge is 2.23. The maximum absolute atomic E-state index is 11.8. The molecule has 0 aromatic rings. The van der Waals surface area contributed by atoms with Gasteiger partial charge in [0.15, 0.2) is 0 Å². The van der Waals surface area contributed by atoms with Crippen LogP contribution in [0.25, 0.3) is 0 Å². The molecular weight excluding hydrogens is 242 g/mol. The molecule has 112 valence electrons. The Bertz CT molecular complexity index is 267. The minimum absolute atomic E-state index is 0.0583. The Morgan fingerprint density at radius 3 is 2.42 bits per heavy atom. The summed E-state index contributed by atoms with van der Waals surface area (Å²) in [5.74, 6) is 0.712. The average molecular weight is 271 g/mol. The first-order valence-corrected chi connectivity index (χ1v) is 7.39. The number of alkyl carbamates (subject to hydrolysis) is 1. The molecule has 0 aromatic carbocycles. The van der Waals surface area contributed by atoms with Crippen molar-refractivity contribution in [3.8, 4) is 0 Å². The summed E-state index contributed by atoms with van der Waals surface area (Å²) in [5.41, 5.74) is -0.452. The summed E-state index contributed by atoms with van der Waals surface area (Å²) in [5, 5.41) is 2.94. The van der Waals surface area contributed by atoms with E-state index in [1.54, 1.807) is 7.11 Å². The van der Waals surface area contributed by atoms with Gasteiger partial charge in [-0.15, -0.1) is 0 Å². The number of hydrogen-bond donors (Lipinski definition) is 1. The first-order valence-electron chi connectivity index (χ1n) is 7.39. The third kappa shape index (κ3) is 7.41. The summed E-state index contributed by atoms with van der Waals surface area (Å²) in [6.07, 6.45) is 7.18. The number of carbonyl (C=O) groups is 1. The number of ether oxygens (including phenoxy) is 2. The van der Waals surface area contributed by atoms with Crippen LogP contribution in [0.1, 0.15) is 59.3 Å². The molecule has 0 spiro atoms. The third-order valence-corrected chi connectivity index (χ3v) is 3.43. The number of methoxy groups -OCH3 is 1. The van der Waals surface area contributed by atoms with E-state index in [1.807, 2.05) is 20.8 Å². The van der Waals surface area contributed by atoms with Gasteiger partial charge in [0.2, 0.25) is 0 Å². The number of rotatable bonds is 5. The molecule has 0 heterocycles. The van der Waals surface area contributed by atoms with E-state index in [0.29, 0.717) is 12.5 Å². The minimum Gasteiger partial charge on any atom is -0.444 e. The van der Waals surface area contributed by atoms with Crippen molar-refractivity contribution < 1.29 is 14.3 Å². The van der Waals surface area contributed by atoms with E-state index >= 15 is 0 Å². The van der Waals surface area contributed by atoms with Crippen LogP contribution in [0.5, 0.6) is 0 Å². The maximum Gasteiger partial charge on any atom is 0.407 e.